The van der Waals surface area contributed by atoms with Crippen LogP contribution in [-0.2, 0) is 16.1 Å². The molecule has 1 fully saturated rings. The molecule has 0 radical (unpaired) electrons. The largest absolute Gasteiger partial charge is 0.508 e. The van der Waals surface area contributed by atoms with E-state index in [-0.39, 0.29) is 24.0 Å². The van der Waals surface area contributed by atoms with Gasteiger partial charge in [0.1, 0.15) is 42.2 Å². The molecule has 1 saturated heterocycles. The number of nitrogens with one attached hydrogen (secondary N) is 2. The van der Waals surface area contributed by atoms with Gasteiger partial charge in [0.05, 0.1) is 26.7 Å². The number of aromatic hydroxyl groups is 1. The van der Waals surface area contributed by atoms with Crippen LogP contribution in [0.2, 0.25) is 0 Å². The standard InChI is InChI=1S/C34H40N2O13/c1-35-12-17-9-23(44-3)28(45-4)29-24(17)21-13-46-22-11-19(10-20(25(22)27(21)47-29)16-6-5-7-18(38)8-16)48-34(15-37)31(41)26(39)30(40)33(49-34,14-36-2)32(42)43/h5-11,21,26-27,30-31,35-41H,12-15H2,1-4H3,(H,42,43)/t21-,26+,27-,30+,31-,33+,34+/m1/s1. The average Bonchev–Trinajstić information content (AvgIpc) is 3.49. The van der Waals surface area contributed by atoms with Crippen molar-refractivity contribution in [2.24, 2.45) is 0 Å². The van der Waals surface area contributed by atoms with Crippen molar-refractivity contribution in [2.45, 2.75) is 48.3 Å². The van der Waals surface area contributed by atoms with Gasteiger partial charge in [-0.2, -0.15) is 0 Å². The van der Waals surface area contributed by atoms with Gasteiger partial charge in [0.15, 0.2) is 17.6 Å². The number of carbonyl (C=O) groups is 1. The van der Waals surface area contributed by atoms with Gasteiger partial charge in [0.25, 0.3) is 5.79 Å². The van der Waals surface area contributed by atoms with E-state index in [1.165, 1.54) is 32.4 Å². The van der Waals surface area contributed by atoms with Crippen LogP contribution >= 0.6 is 0 Å². The van der Waals surface area contributed by atoms with E-state index < -0.39 is 54.9 Å². The van der Waals surface area contributed by atoms with Crippen molar-refractivity contribution in [3.63, 3.8) is 0 Å². The molecule has 3 aliphatic rings. The molecule has 3 aromatic carbocycles. The van der Waals surface area contributed by atoms with Crippen molar-refractivity contribution < 1.29 is 63.9 Å². The van der Waals surface area contributed by atoms with E-state index in [1.807, 2.05) is 13.1 Å². The molecule has 49 heavy (non-hydrogen) atoms. The van der Waals surface area contributed by atoms with Crippen LogP contribution in [0.1, 0.15) is 28.7 Å². The lowest BCUT2D eigenvalue weighted by Crippen LogP contribution is -2.76. The Bertz CT molecular complexity index is 1740. The molecule has 0 spiro atoms. The zero-order valence-electron chi connectivity index (χ0n) is 27.3. The second-order valence-corrected chi connectivity index (χ2v) is 12.2. The summed E-state index contributed by atoms with van der Waals surface area (Å²) in [6.45, 7) is -0.953. The van der Waals surface area contributed by atoms with Crippen LogP contribution in [0.4, 0.5) is 0 Å². The minimum Gasteiger partial charge on any atom is -0.508 e. The van der Waals surface area contributed by atoms with E-state index in [2.05, 4.69) is 10.6 Å². The zero-order valence-corrected chi connectivity index (χ0v) is 27.3. The molecule has 3 aliphatic heterocycles. The third kappa shape index (κ3) is 5.47. The summed E-state index contributed by atoms with van der Waals surface area (Å²) in [4.78, 5) is 12.5. The molecule has 15 heteroatoms. The molecule has 0 unspecified atom stereocenters. The van der Waals surface area contributed by atoms with Gasteiger partial charge >= 0.3 is 5.97 Å². The molecule has 264 valence electrons. The number of benzene rings is 3. The average molecular weight is 685 g/mol. The second-order valence-electron chi connectivity index (χ2n) is 12.2. The molecule has 0 aliphatic carbocycles. The number of rotatable bonds is 11. The fraction of sp³-hybridized carbons (Fsp3) is 0.441. The lowest BCUT2D eigenvalue weighted by atomic mass is 9.82. The predicted molar refractivity (Wildman–Crippen MR) is 171 cm³/mol. The van der Waals surface area contributed by atoms with Crippen LogP contribution in [-0.4, -0.2) is 114 Å². The first-order valence-electron chi connectivity index (χ1n) is 15.6. The Labute approximate surface area is 281 Å². The van der Waals surface area contributed by atoms with Gasteiger partial charge in [-0.25, -0.2) is 4.79 Å². The Balaban J connectivity index is 1.50. The van der Waals surface area contributed by atoms with Gasteiger partial charge in [-0.05, 0) is 55.1 Å². The Morgan fingerprint density at radius 2 is 1.80 bits per heavy atom. The fourth-order valence-corrected chi connectivity index (χ4v) is 7.07. The Morgan fingerprint density at radius 1 is 1.02 bits per heavy atom. The summed E-state index contributed by atoms with van der Waals surface area (Å²) in [6.07, 6.45) is -6.89. The molecule has 7 atom stereocenters. The normalized spacial score (nSPS) is 28.4. The van der Waals surface area contributed by atoms with Gasteiger partial charge < -0.3 is 69.7 Å². The highest BCUT2D eigenvalue weighted by Crippen LogP contribution is 2.59. The number of aliphatic hydroxyl groups is 4. The van der Waals surface area contributed by atoms with Crippen LogP contribution in [0.5, 0.6) is 34.5 Å². The molecule has 0 bridgehead atoms. The smallest absolute Gasteiger partial charge is 0.340 e. The molecule has 3 aromatic rings. The number of hydrogen-bond acceptors (Lipinski definition) is 14. The Kier molecular flexibility index (Phi) is 9.27. The van der Waals surface area contributed by atoms with Crippen molar-refractivity contribution >= 4 is 5.97 Å². The van der Waals surface area contributed by atoms with Crippen LogP contribution in [0.3, 0.4) is 0 Å². The molecule has 0 amide bonds. The van der Waals surface area contributed by atoms with E-state index in [1.54, 1.807) is 25.3 Å². The van der Waals surface area contributed by atoms with Crippen molar-refractivity contribution in [2.75, 3.05) is 48.1 Å². The highest BCUT2D eigenvalue weighted by Gasteiger charge is 2.65. The first-order valence-corrected chi connectivity index (χ1v) is 15.6. The molecular weight excluding hydrogens is 644 g/mol. The monoisotopic (exact) mass is 684 g/mol. The number of carboxylic acids is 1. The quantitative estimate of drug-likeness (QED) is 0.139. The number of phenolic OH excluding ortho intramolecular Hbond substituents is 1. The Morgan fingerprint density at radius 3 is 2.43 bits per heavy atom. The summed E-state index contributed by atoms with van der Waals surface area (Å²) in [6, 6.07) is 11.3. The number of ether oxygens (including phenoxy) is 6. The summed E-state index contributed by atoms with van der Waals surface area (Å²) in [5.41, 5.74) is 0.882. The molecule has 15 nitrogen and oxygen atoms in total. The molecule has 6 rings (SSSR count). The van der Waals surface area contributed by atoms with E-state index >= 15 is 0 Å². The summed E-state index contributed by atoms with van der Waals surface area (Å²) >= 11 is 0. The lowest BCUT2D eigenvalue weighted by Gasteiger charge is -2.51. The van der Waals surface area contributed by atoms with Gasteiger partial charge in [0, 0.05) is 30.3 Å². The van der Waals surface area contributed by atoms with Gasteiger partial charge in [-0.3, -0.25) is 0 Å². The van der Waals surface area contributed by atoms with Crippen molar-refractivity contribution in [3.8, 4) is 45.6 Å². The van der Waals surface area contributed by atoms with E-state index in [0.717, 1.165) is 11.1 Å². The number of aliphatic hydroxyl groups excluding tert-OH is 4. The minimum absolute atomic E-state index is 0.0301. The minimum atomic E-state index is -2.55. The maximum Gasteiger partial charge on any atom is 0.340 e. The van der Waals surface area contributed by atoms with Crippen LogP contribution < -0.4 is 34.3 Å². The highest BCUT2D eigenvalue weighted by molar-refractivity contribution is 5.79. The van der Waals surface area contributed by atoms with Crippen LogP contribution in [0, 0.1) is 0 Å². The summed E-state index contributed by atoms with van der Waals surface area (Å²) in [5, 5.41) is 69.6. The van der Waals surface area contributed by atoms with Gasteiger partial charge in [-0.1, -0.05) is 12.1 Å². The van der Waals surface area contributed by atoms with E-state index in [0.29, 0.717) is 46.2 Å². The Hall–Kier alpha value is -4.35. The van der Waals surface area contributed by atoms with Gasteiger partial charge in [0.2, 0.25) is 11.4 Å². The van der Waals surface area contributed by atoms with Crippen LogP contribution in [0.25, 0.3) is 11.1 Å². The SMILES string of the molecule is CNCc1cc(OC)c(OC)c2c1[C@H]1COc3cc(O[C@@]4(CO)O[C@](CNC)(C(=O)O)[C@@H](O)[C@H](O)[C@H]4O)cc(-c4cccc(O)c4)c3[C@@H]1O2. The topological polar surface area (TPSA) is 218 Å². The fourth-order valence-electron chi connectivity index (χ4n) is 7.07. The van der Waals surface area contributed by atoms with E-state index in [4.69, 9.17) is 28.4 Å². The number of fused-ring (bicyclic) bond motifs is 5. The number of aliphatic carboxylic acids is 1. The summed E-state index contributed by atoms with van der Waals surface area (Å²) in [7, 11) is 6.31. The van der Waals surface area contributed by atoms with E-state index in [9.17, 15) is 35.4 Å². The lowest BCUT2D eigenvalue weighted by molar-refractivity contribution is -0.366. The molecule has 0 aromatic heterocycles. The first kappa shape index (κ1) is 34.5. The molecule has 8 N–H and O–H groups in total. The number of likely N-dealkylation sites (N-methyl/N-ethyl adjacent to an activating group) is 1. The van der Waals surface area contributed by atoms with Crippen LogP contribution in [0.15, 0.2) is 42.5 Å². The second kappa shape index (κ2) is 13.2. The van der Waals surface area contributed by atoms with Crippen molar-refractivity contribution in [1.29, 1.82) is 0 Å². The molecule has 0 saturated carbocycles. The van der Waals surface area contributed by atoms with Gasteiger partial charge in [-0.15, -0.1) is 0 Å². The maximum atomic E-state index is 12.5. The summed E-state index contributed by atoms with van der Waals surface area (Å²) < 4.78 is 36.3. The first-order chi connectivity index (χ1) is 23.5. The maximum absolute atomic E-state index is 12.5. The third-order valence-electron chi connectivity index (χ3n) is 9.32. The molecular formula is C34H40N2O13. The number of hydrogen-bond donors (Lipinski definition) is 8. The number of carboxylic acid groups (broad SMARTS) is 1. The van der Waals surface area contributed by atoms with Crippen molar-refractivity contribution in [1.82, 2.24) is 10.6 Å². The number of methoxy groups -OCH3 is 2. The van der Waals surface area contributed by atoms with Crippen molar-refractivity contribution in [3.05, 3.63) is 59.2 Å². The number of phenols is 1. The summed E-state index contributed by atoms with van der Waals surface area (Å²) in [5.74, 6) is -2.89. The third-order valence-corrected chi connectivity index (χ3v) is 9.32. The molecule has 3 heterocycles. The highest BCUT2D eigenvalue weighted by atomic mass is 16.7. The zero-order chi connectivity index (χ0) is 35.2. The predicted octanol–water partition coefficient (Wildman–Crippen LogP) is 0.629.